The van der Waals surface area contributed by atoms with E-state index in [-0.39, 0.29) is 12.1 Å². The molecule has 1 aliphatic heterocycles. The Bertz CT molecular complexity index is 675. The summed E-state index contributed by atoms with van der Waals surface area (Å²) in [7, 11) is 0. The minimum atomic E-state index is -0.146. The third-order valence-electron chi connectivity index (χ3n) is 5.64. The average Bonchev–Trinajstić information content (AvgIpc) is 2.79. The van der Waals surface area contributed by atoms with Gasteiger partial charge in [0.2, 0.25) is 0 Å². The Morgan fingerprint density at radius 1 is 0.862 bits per heavy atom. The summed E-state index contributed by atoms with van der Waals surface area (Å²) in [5.41, 5.74) is 2.17. The third kappa shape index (κ3) is 6.87. The molecule has 2 aromatic rings. The molecule has 1 aliphatic rings. The molecule has 0 atom stereocenters. The van der Waals surface area contributed by atoms with Gasteiger partial charge in [0.15, 0.2) is 0 Å². The zero-order valence-corrected chi connectivity index (χ0v) is 17.5. The first kappa shape index (κ1) is 21.3. The van der Waals surface area contributed by atoms with Crippen LogP contribution >= 0.6 is 0 Å². The van der Waals surface area contributed by atoms with Gasteiger partial charge in [0.1, 0.15) is 0 Å². The molecule has 2 amide bonds. The van der Waals surface area contributed by atoms with Crippen molar-refractivity contribution in [1.29, 1.82) is 0 Å². The van der Waals surface area contributed by atoms with E-state index in [1.54, 1.807) is 0 Å². The number of rotatable bonds is 9. The summed E-state index contributed by atoms with van der Waals surface area (Å²) in [6.45, 7) is 9.89. The van der Waals surface area contributed by atoms with Crippen LogP contribution in [0.15, 0.2) is 60.7 Å². The van der Waals surface area contributed by atoms with Crippen molar-refractivity contribution in [2.45, 2.75) is 25.8 Å². The highest BCUT2D eigenvalue weighted by Crippen LogP contribution is 2.21. The van der Waals surface area contributed by atoms with Gasteiger partial charge in [-0.05, 0) is 37.1 Å². The van der Waals surface area contributed by atoms with Crippen LogP contribution in [-0.4, -0.2) is 61.6 Å². The van der Waals surface area contributed by atoms with Crippen LogP contribution in [0.4, 0.5) is 4.79 Å². The number of carbonyl (C=O) groups is 1. The monoisotopic (exact) mass is 394 g/mol. The lowest BCUT2D eigenvalue weighted by Gasteiger charge is -2.33. The van der Waals surface area contributed by atoms with Crippen LogP contribution in [0.2, 0.25) is 0 Å². The molecule has 5 nitrogen and oxygen atoms in total. The van der Waals surface area contributed by atoms with E-state index in [1.807, 2.05) is 36.4 Å². The second-order valence-electron chi connectivity index (χ2n) is 7.64. The number of nitrogens with one attached hydrogen (secondary N) is 2. The first-order valence-corrected chi connectivity index (χ1v) is 10.8. The normalized spacial score (nSPS) is 15.4. The summed E-state index contributed by atoms with van der Waals surface area (Å²) in [5, 5.41) is 6.16. The molecule has 1 saturated heterocycles. The van der Waals surface area contributed by atoms with Crippen LogP contribution in [0.1, 0.15) is 36.9 Å². The Labute approximate surface area is 175 Å². The molecule has 156 valence electrons. The molecule has 29 heavy (non-hydrogen) atoms. The van der Waals surface area contributed by atoms with Crippen molar-refractivity contribution in [1.82, 2.24) is 20.4 Å². The van der Waals surface area contributed by atoms with Crippen LogP contribution < -0.4 is 10.6 Å². The average molecular weight is 395 g/mol. The van der Waals surface area contributed by atoms with E-state index in [0.717, 1.165) is 50.1 Å². The van der Waals surface area contributed by atoms with E-state index in [2.05, 4.69) is 51.6 Å². The van der Waals surface area contributed by atoms with Gasteiger partial charge in [-0.3, -0.25) is 0 Å². The lowest BCUT2D eigenvalue weighted by Crippen LogP contribution is -2.46. The molecule has 1 heterocycles. The van der Waals surface area contributed by atoms with Gasteiger partial charge < -0.3 is 20.4 Å². The van der Waals surface area contributed by atoms with E-state index < -0.39 is 0 Å². The zero-order valence-electron chi connectivity index (χ0n) is 17.5. The van der Waals surface area contributed by atoms with Crippen LogP contribution in [0.5, 0.6) is 0 Å². The minimum Gasteiger partial charge on any atom is -0.338 e. The van der Waals surface area contributed by atoms with Crippen LogP contribution in [0.25, 0.3) is 0 Å². The molecule has 0 spiro atoms. The standard InChI is InChI=1S/C24H34N4O/c1-2-27-17-19-28(20-18-27)16-10-9-15-25-24(29)26-23(21-11-5-3-6-12-21)22-13-7-4-8-14-22/h3-8,11-14,23H,2,9-10,15-20H2,1H3,(H2,25,26,29). The number of hydrogen-bond acceptors (Lipinski definition) is 3. The van der Waals surface area contributed by atoms with Crippen molar-refractivity contribution in [3.8, 4) is 0 Å². The first-order chi connectivity index (χ1) is 14.3. The molecule has 0 radical (unpaired) electrons. The van der Waals surface area contributed by atoms with E-state index in [0.29, 0.717) is 6.54 Å². The van der Waals surface area contributed by atoms with E-state index in [4.69, 9.17) is 0 Å². The molecule has 3 rings (SSSR count). The predicted octanol–water partition coefficient (Wildman–Crippen LogP) is 3.49. The van der Waals surface area contributed by atoms with E-state index in [9.17, 15) is 4.79 Å². The molecule has 0 bridgehead atoms. The van der Waals surface area contributed by atoms with Crippen LogP contribution in [0, 0.1) is 0 Å². The molecule has 1 fully saturated rings. The minimum absolute atomic E-state index is 0.112. The van der Waals surface area contributed by atoms with Crippen molar-refractivity contribution >= 4 is 6.03 Å². The predicted molar refractivity (Wildman–Crippen MR) is 119 cm³/mol. The fourth-order valence-electron chi connectivity index (χ4n) is 3.82. The Morgan fingerprint density at radius 2 is 1.41 bits per heavy atom. The number of urea groups is 1. The summed E-state index contributed by atoms with van der Waals surface area (Å²) in [5.74, 6) is 0. The second kappa shape index (κ2) is 11.6. The molecular weight excluding hydrogens is 360 g/mol. The van der Waals surface area contributed by atoms with Crippen molar-refractivity contribution in [3.63, 3.8) is 0 Å². The molecule has 2 aromatic carbocycles. The first-order valence-electron chi connectivity index (χ1n) is 10.8. The van der Waals surface area contributed by atoms with Gasteiger partial charge in [-0.25, -0.2) is 4.79 Å². The summed E-state index contributed by atoms with van der Waals surface area (Å²) >= 11 is 0. The molecule has 0 aromatic heterocycles. The lowest BCUT2D eigenvalue weighted by atomic mass is 9.99. The summed E-state index contributed by atoms with van der Waals surface area (Å²) in [6, 6.07) is 20.0. The van der Waals surface area contributed by atoms with E-state index >= 15 is 0 Å². The van der Waals surface area contributed by atoms with Gasteiger partial charge >= 0.3 is 6.03 Å². The van der Waals surface area contributed by atoms with Gasteiger partial charge in [-0.1, -0.05) is 67.6 Å². The molecule has 0 unspecified atom stereocenters. The van der Waals surface area contributed by atoms with Gasteiger partial charge in [0.25, 0.3) is 0 Å². The highest BCUT2D eigenvalue weighted by Gasteiger charge is 2.17. The van der Waals surface area contributed by atoms with Crippen molar-refractivity contribution in [2.75, 3.05) is 45.8 Å². The molecule has 2 N–H and O–H groups in total. The smallest absolute Gasteiger partial charge is 0.315 e. The highest BCUT2D eigenvalue weighted by molar-refractivity contribution is 5.75. The Morgan fingerprint density at radius 3 is 1.97 bits per heavy atom. The van der Waals surface area contributed by atoms with Gasteiger partial charge in [-0.15, -0.1) is 0 Å². The highest BCUT2D eigenvalue weighted by atomic mass is 16.2. The van der Waals surface area contributed by atoms with Gasteiger partial charge in [-0.2, -0.15) is 0 Å². The zero-order chi connectivity index (χ0) is 20.3. The number of benzene rings is 2. The number of hydrogen-bond donors (Lipinski definition) is 2. The lowest BCUT2D eigenvalue weighted by molar-refractivity contribution is 0.135. The Hall–Kier alpha value is -2.37. The largest absolute Gasteiger partial charge is 0.338 e. The third-order valence-corrected chi connectivity index (χ3v) is 5.64. The van der Waals surface area contributed by atoms with Crippen molar-refractivity contribution in [2.24, 2.45) is 0 Å². The molecule has 0 saturated carbocycles. The molecular formula is C24H34N4O. The molecule has 5 heteroatoms. The SMILES string of the molecule is CCN1CCN(CCCCNC(=O)NC(c2ccccc2)c2ccccc2)CC1. The maximum absolute atomic E-state index is 12.5. The maximum atomic E-state index is 12.5. The second-order valence-corrected chi connectivity index (χ2v) is 7.64. The number of unbranched alkanes of at least 4 members (excludes halogenated alkanes) is 1. The van der Waals surface area contributed by atoms with Crippen LogP contribution in [-0.2, 0) is 0 Å². The Balaban J connectivity index is 1.40. The molecule has 0 aliphatic carbocycles. The Kier molecular flexibility index (Phi) is 8.53. The summed E-state index contributed by atoms with van der Waals surface area (Å²) in [6.07, 6.45) is 2.12. The topological polar surface area (TPSA) is 47.6 Å². The number of likely N-dealkylation sites (N-methyl/N-ethyl adjacent to an activating group) is 1. The summed E-state index contributed by atoms with van der Waals surface area (Å²) < 4.78 is 0. The van der Waals surface area contributed by atoms with Crippen molar-refractivity contribution < 1.29 is 4.79 Å². The fraction of sp³-hybridized carbons (Fsp3) is 0.458. The number of carbonyl (C=O) groups excluding carboxylic acids is 1. The summed E-state index contributed by atoms with van der Waals surface area (Å²) in [4.78, 5) is 17.5. The quantitative estimate of drug-likeness (QED) is 0.640. The maximum Gasteiger partial charge on any atom is 0.315 e. The van der Waals surface area contributed by atoms with Crippen molar-refractivity contribution in [3.05, 3.63) is 71.8 Å². The number of nitrogens with zero attached hydrogens (tertiary/aromatic N) is 2. The van der Waals surface area contributed by atoms with Gasteiger partial charge in [0, 0.05) is 32.7 Å². The fourth-order valence-corrected chi connectivity index (χ4v) is 3.82. The van der Waals surface area contributed by atoms with Gasteiger partial charge in [0.05, 0.1) is 6.04 Å². The number of amides is 2. The van der Waals surface area contributed by atoms with E-state index in [1.165, 1.54) is 13.1 Å². The number of piperazine rings is 1. The van der Waals surface area contributed by atoms with Crippen LogP contribution in [0.3, 0.4) is 0 Å².